The minimum atomic E-state index is 0.0405. The minimum Gasteiger partial charge on any atom is -0.493 e. The van der Waals surface area contributed by atoms with Gasteiger partial charge in [0.2, 0.25) is 5.75 Å². The predicted octanol–water partition coefficient (Wildman–Crippen LogP) is 1.66. The van der Waals surface area contributed by atoms with E-state index in [2.05, 4.69) is 5.32 Å². The van der Waals surface area contributed by atoms with Crippen LogP contribution >= 0.6 is 0 Å². The Morgan fingerprint density at radius 2 is 1.79 bits per heavy atom. The molecule has 1 unspecified atom stereocenters. The van der Waals surface area contributed by atoms with Crippen LogP contribution < -0.4 is 19.5 Å². The molecule has 0 bridgehead atoms. The fourth-order valence-corrected chi connectivity index (χ4v) is 2.27. The van der Waals surface area contributed by atoms with Crippen molar-refractivity contribution in [1.82, 2.24) is 5.32 Å². The van der Waals surface area contributed by atoms with Gasteiger partial charge in [-0.3, -0.25) is 0 Å². The molecule has 108 valence electrons. The lowest BCUT2D eigenvalue weighted by atomic mass is 9.97. The monoisotopic (exact) mass is 269 g/mol. The number of hydrogen-bond acceptors (Lipinski definition) is 5. The Labute approximate surface area is 114 Å². The van der Waals surface area contributed by atoms with Gasteiger partial charge in [-0.15, -0.1) is 0 Å². The zero-order chi connectivity index (χ0) is 14.4. The third-order valence-electron chi connectivity index (χ3n) is 3.26. The fraction of sp³-hybridized carbons (Fsp3) is 0.571. The van der Waals surface area contributed by atoms with Gasteiger partial charge >= 0.3 is 0 Å². The third-order valence-corrected chi connectivity index (χ3v) is 3.26. The Morgan fingerprint density at radius 3 is 2.21 bits per heavy atom. The zero-order valence-corrected chi connectivity index (χ0v) is 12.2. The first-order valence-electron chi connectivity index (χ1n) is 6.22. The molecule has 1 rings (SSSR count). The van der Waals surface area contributed by atoms with Gasteiger partial charge < -0.3 is 24.6 Å². The molecule has 1 atom stereocenters. The van der Waals surface area contributed by atoms with Crippen LogP contribution in [0.2, 0.25) is 0 Å². The molecule has 0 saturated carbocycles. The highest BCUT2D eigenvalue weighted by atomic mass is 16.5. The van der Waals surface area contributed by atoms with Gasteiger partial charge in [-0.25, -0.2) is 0 Å². The molecule has 1 aromatic rings. The maximum atomic E-state index is 9.15. The number of aliphatic hydroxyl groups excluding tert-OH is 1. The molecule has 5 heteroatoms. The molecule has 0 fully saturated rings. The Bertz CT molecular complexity index is 420. The second kappa shape index (κ2) is 7.21. The molecule has 0 radical (unpaired) electrons. The number of benzene rings is 1. The van der Waals surface area contributed by atoms with Crippen LogP contribution in [0.15, 0.2) is 6.07 Å². The SMILES string of the molecule is CNC(CCO)c1cc(OC)c(OC)c(OC)c1C. The summed E-state index contributed by atoms with van der Waals surface area (Å²) in [6.45, 7) is 2.08. The highest BCUT2D eigenvalue weighted by molar-refractivity contribution is 5.59. The molecule has 0 aliphatic heterocycles. The minimum absolute atomic E-state index is 0.0405. The van der Waals surface area contributed by atoms with Crippen LogP contribution in [0.4, 0.5) is 0 Å². The fourth-order valence-electron chi connectivity index (χ4n) is 2.27. The third kappa shape index (κ3) is 3.11. The standard InChI is InChI=1S/C14H23NO4/c1-9-10(11(15-2)6-7-16)8-12(17-3)14(19-5)13(9)18-4/h8,11,15-16H,6-7H2,1-5H3. The predicted molar refractivity (Wildman–Crippen MR) is 74.3 cm³/mol. The molecule has 0 aromatic heterocycles. The normalized spacial score (nSPS) is 12.1. The zero-order valence-electron chi connectivity index (χ0n) is 12.2. The number of nitrogens with one attached hydrogen (secondary N) is 1. The largest absolute Gasteiger partial charge is 0.493 e. The summed E-state index contributed by atoms with van der Waals surface area (Å²) in [5.41, 5.74) is 2.01. The highest BCUT2D eigenvalue weighted by Gasteiger charge is 2.21. The summed E-state index contributed by atoms with van der Waals surface area (Å²) >= 11 is 0. The van der Waals surface area contributed by atoms with Crippen LogP contribution in [-0.2, 0) is 0 Å². The molecule has 0 heterocycles. The van der Waals surface area contributed by atoms with E-state index in [0.717, 1.165) is 11.1 Å². The quantitative estimate of drug-likeness (QED) is 0.788. The van der Waals surface area contributed by atoms with Gasteiger partial charge in [-0.2, -0.15) is 0 Å². The maximum Gasteiger partial charge on any atom is 0.203 e. The summed E-state index contributed by atoms with van der Waals surface area (Å²) in [6, 6.07) is 1.96. The molecule has 5 nitrogen and oxygen atoms in total. The average molecular weight is 269 g/mol. The van der Waals surface area contributed by atoms with Crippen LogP contribution in [0.25, 0.3) is 0 Å². The van der Waals surface area contributed by atoms with Crippen molar-refractivity contribution in [3.05, 3.63) is 17.2 Å². The first kappa shape index (κ1) is 15.6. The highest BCUT2D eigenvalue weighted by Crippen LogP contribution is 2.43. The smallest absolute Gasteiger partial charge is 0.203 e. The van der Waals surface area contributed by atoms with Gasteiger partial charge in [-0.1, -0.05) is 0 Å². The van der Waals surface area contributed by atoms with E-state index in [1.54, 1.807) is 21.3 Å². The van der Waals surface area contributed by atoms with Crippen LogP contribution in [0, 0.1) is 6.92 Å². The second-order valence-electron chi connectivity index (χ2n) is 4.21. The van der Waals surface area contributed by atoms with E-state index in [1.807, 2.05) is 20.0 Å². The average Bonchev–Trinajstić information content (AvgIpc) is 2.44. The summed E-state index contributed by atoms with van der Waals surface area (Å²) in [7, 11) is 6.65. The van der Waals surface area contributed by atoms with E-state index in [0.29, 0.717) is 23.7 Å². The van der Waals surface area contributed by atoms with Crippen molar-refractivity contribution in [3.63, 3.8) is 0 Å². The molecule has 2 N–H and O–H groups in total. The van der Waals surface area contributed by atoms with Crippen molar-refractivity contribution in [2.75, 3.05) is 35.0 Å². The Morgan fingerprint density at radius 1 is 1.16 bits per heavy atom. The lowest BCUT2D eigenvalue weighted by molar-refractivity contribution is 0.267. The lowest BCUT2D eigenvalue weighted by Gasteiger charge is -2.22. The summed E-state index contributed by atoms with van der Waals surface area (Å²) in [5.74, 6) is 1.87. The molecule has 0 amide bonds. The van der Waals surface area contributed by atoms with Crippen LogP contribution in [0.1, 0.15) is 23.6 Å². The Kier molecular flexibility index (Phi) is 5.92. The molecule has 0 spiro atoms. The lowest BCUT2D eigenvalue weighted by Crippen LogP contribution is -2.19. The van der Waals surface area contributed by atoms with Gasteiger partial charge in [0, 0.05) is 12.6 Å². The number of methoxy groups -OCH3 is 3. The molecule has 0 aliphatic carbocycles. The van der Waals surface area contributed by atoms with Crippen molar-refractivity contribution < 1.29 is 19.3 Å². The van der Waals surface area contributed by atoms with Crippen LogP contribution in [0.5, 0.6) is 17.2 Å². The molecule has 1 aromatic carbocycles. The van der Waals surface area contributed by atoms with Crippen molar-refractivity contribution in [2.45, 2.75) is 19.4 Å². The van der Waals surface area contributed by atoms with Gasteiger partial charge in [0.1, 0.15) is 0 Å². The summed E-state index contributed by atoms with van der Waals surface area (Å²) in [5, 5.41) is 12.3. The van der Waals surface area contributed by atoms with Gasteiger partial charge in [0.25, 0.3) is 0 Å². The van der Waals surface area contributed by atoms with Crippen LogP contribution in [-0.4, -0.2) is 40.1 Å². The summed E-state index contributed by atoms with van der Waals surface area (Å²) < 4.78 is 16.1. The number of rotatable bonds is 7. The van der Waals surface area contributed by atoms with Gasteiger partial charge in [-0.05, 0) is 37.6 Å². The van der Waals surface area contributed by atoms with Crippen molar-refractivity contribution in [1.29, 1.82) is 0 Å². The molecule has 0 aliphatic rings. The van der Waals surface area contributed by atoms with E-state index >= 15 is 0 Å². The molecular weight excluding hydrogens is 246 g/mol. The first-order chi connectivity index (χ1) is 9.14. The van der Waals surface area contributed by atoms with E-state index in [4.69, 9.17) is 19.3 Å². The molecular formula is C14H23NO4. The van der Waals surface area contributed by atoms with E-state index in [1.165, 1.54) is 0 Å². The number of ether oxygens (including phenoxy) is 3. The van der Waals surface area contributed by atoms with Gasteiger partial charge in [0.15, 0.2) is 11.5 Å². The van der Waals surface area contributed by atoms with Gasteiger partial charge in [0.05, 0.1) is 21.3 Å². The van der Waals surface area contributed by atoms with Crippen LogP contribution in [0.3, 0.4) is 0 Å². The van der Waals surface area contributed by atoms with Crippen molar-refractivity contribution in [2.24, 2.45) is 0 Å². The molecule has 19 heavy (non-hydrogen) atoms. The van der Waals surface area contributed by atoms with E-state index in [9.17, 15) is 0 Å². The summed E-state index contributed by atoms with van der Waals surface area (Å²) in [6.07, 6.45) is 0.621. The Hall–Kier alpha value is -1.46. The van der Waals surface area contributed by atoms with E-state index in [-0.39, 0.29) is 12.6 Å². The Balaban J connectivity index is 3.40. The summed E-state index contributed by atoms with van der Waals surface area (Å²) in [4.78, 5) is 0. The first-order valence-corrected chi connectivity index (χ1v) is 6.22. The maximum absolute atomic E-state index is 9.15. The second-order valence-corrected chi connectivity index (χ2v) is 4.21. The topological polar surface area (TPSA) is 60.0 Å². The number of hydrogen-bond donors (Lipinski definition) is 2. The van der Waals surface area contributed by atoms with Crippen molar-refractivity contribution in [3.8, 4) is 17.2 Å². The molecule has 0 saturated heterocycles. The van der Waals surface area contributed by atoms with E-state index < -0.39 is 0 Å². The van der Waals surface area contributed by atoms with Crippen molar-refractivity contribution >= 4 is 0 Å². The number of aliphatic hydroxyl groups is 1.